The van der Waals surface area contributed by atoms with Crippen LogP contribution in [0.5, 0.6) is 0 Å². The molecule has 1 rings (SSSR count). The van der Waals surface area contributed by atoms with Crippen LogP contribution in [-0.4, -0.2) is 24.0 Å². The third kappa shape index (κ3) is 1.06. The van der Waals surface area contributed by atoms with Gasteiger partial charge in [-0.1, -0.05) is 0 Å². The lowest BCUT2D eigenvalue weighted by atomic mass is 10.5. The van der Waals surface area contributed by atoms with Gasteiger partial charge in [0, 0.05) is 25.3 Å². The van der Waals surface area contributed by atoms with E-state index in [0.717, 1.165) is 0 Å². The highest BCUT2D eigenvalue weighted by atomic mass is 15.2. The van der Waals surface area contributed by atoms with Crippen LogP contribution in [0.25, 0.3) is 0 Å². The molecule has 1 heterocycles. The highest BCUT2D eigenvalue weighted by Gasteiger charge is 1.98. The Balaban J connectivity index is 2.90. The molecule has 1 N–H and O–H groups in total. The Morgan fingerprint density at radius 2 is 2.56 bits per heavy atom. The van der Waals surface area contributed by atoms with E-state index in [9.17, 15) is 0 Å². The van der Waals surface area contributed by atoms with Gasteiger partial charge in [0.2, 0.25) is 0 Å². The monoisotopic (exact) mass is 121 g/mol. The van der Waals surface area contributed by atoms with Crippen LogP contribution >= 0.6 is 0 Å². The molecule has 0 saturated heterocycles. The molecular weight excluding hydrogens is 114 g/mol. The maximum absolute atomic E-state index is 6.75. The normalized spacial score (nSPS) is 16.1. The van der Waals surface area contributed by atoms with Crippen molar-refractivity contribution in [3.8, 4) is 0 Å². The summed E-state index contributed by atoms with van der Waals surface area (Å²) in [5.74, 6) is 2.74. The van der Waals surface area contributed by atoms with Crippen LogP contribution in [0.4, 0.5) is 0 Å². The summed E-state index contributed by atoms with van der Waals surface area (Å²) in [5.41, 5.74) is 0. The molecule has 3 heteroatoms. The molecule has 1 aliphatic rings. The second-order valence-corrected chi connectivity index (χ2v) is 1.68. The third-order valence-corrected chi connectivity index (χ3v) is 1.04. The Kier molecular flexibility index (Phi) is 1.47. The summed E-state index contributed by atoms with van der Waals surface area (Å²) in [6, 6.07) is 0. The first-order valence-corrected chi connectivity index (χ1v) is 2.58. The van der Waals surface area contributed by atoms with Crippen molar-refractivity contribution in [2.24, 2.45) is 4.99 Å². The first-order chi connectivity index (χ1) is 4.34. The van der Waals surface area contributed by atoms with Crippen LogP contribution in [0.2, 0.25) is 0 Å². The predicted molar refractivity (Wildman–Crippen MR) is 36.6 cm³/mol. The molecule has 1 aliphatic heterocycles. The number of hydrogen-bond acceptors (Lipinski definition) is 3. The molecule has 0 radical (unpaired) electrons. The van der Waals surface area contributed by atoms with Gasteiger partial charge in [0.1, 0.15) is 0 Å². The zero-order valence-corrected chi connectivity index (χ0v) is 5.13. The summed E-state index contributed by atoms with van der Waals surface area (Å²) in [5, 5.41) is 6.75. The Hall–Kier alpha value is -1.34. The van der Waals surface area contributed by atoms with Gasteiger partial charge in [-0.3, -0.25) is 5.41 Å². The fraction of sp³-hybridized carbons (Fsp3) is 0.167. The van der Waals surface area contributed by atoms with Crippen molar-refractivity contribution in [1.29, 1.82) is 5.41 Å². The van der Waals surface area contributed by atoms with Crippen molar-refractivity contribution in [3.05, 3.63) is 18.1 Å². The van der Waals surface area contributed by atoms with E-state index in [1.165, 1.54) is 0 Å². The molecule has 0 aliphatic carbocycles. The summed E-state index contributed by atoms with van der Waals surface area (Å²) in [7, 11) is 1.82. The van der Waals surface area contributed by atoms with E-state index in [4.69, 9.17) is 5.41 Å². The molecule has 0 aromatic heterocycles. The lowest BCUT2D eigenvalue weighted by molar-refractivity contribution is 0.568. The Morgan fingerprint density at radius 1 is 1.78 bits per heavy atom. The minimum Gasteiger partial charge on any atom is -0.328 e. The second-order valence-electron chi connectivity index (χ2n) is 1.68. The zero-order valence-electron chi connectivity index (χ0n) is 5.13. The van der Waals surface area contributed by atoms with Gasteiger partial charge >= 0.3 is 0 Å². The van der Waals surface area contributed by atoms with Crippen molar-refractivity contribution in [1.82, 2.24) is 4.90 Å². The maximum atomic E-state index is 6.75. The molecule has 0 aromatic carbocycles. The van der Waals surface area contributed by atoms with Gasteiger partial charge in [-0.05, 0) is 6.08 Å². The van der Waals surface area contributed by atoms with Gasteiger partial charge in [0.25, 0.3) is 0 Å². The molecule has 0 aromatic rings. The Morgan fingerprint density at radius 3 is 3.00 bits per heavy atom. The van der Waals surface area contributed by atoms with Gasteiger partial charge in [-0.15, -0.1) is 0 Å². The van der Waals surface area contributed by atoms with Crippen LogP contribution in [-0.2, 0) is 0 Å². The van der Waals surface area contributed by atoms with E-state index >= 15 is 0 Å². The number of nitrogens with zero attached hydrogens (tertiary/aromatic N) is 2. The van der Waals surface area contributed by atoms with Crippen molar-refractivity contribution >= 4 is 12.1 Å². The minimum absolute atomic E-state index is 0.539. The number of hydrogen-bond donors (Lipinski definition) is 1. The zero-order chi connectivity index (χ0) is 6.69. The fourth-order valence-electron chi connectivity index (χ4n) is 0.563. The molecule has 0 spiro atoms. The van der Waals surface area contributed by atoms with Gasteiger partial charge in [-0.2, -0.15) is 0 Å². The number of nitrogens with one attached hydrogen (secondary N) is 1. The summed E-state index contributed by atoms with van der Waals surface area (Å²) >= 11 is 0. The molecule has 9 heavy (non-hydrogen) atoms. The van der Waals surface area contributed by atoms with Crippen LogP contribution in [0.3, 0.4) is 0 Å². The SMILES string of the molecule is CN1C=CC=NC1=C=N. The van der Waals surface area contributed by atoms with Crippen molar-refractivity contribution in [3.63, 3.8) is 0 Å². The largest absolute Gasteiger partial charge is 0.328 e. The topological polar surface area (TPSA) is 39.5 Å². The summed E-state index contributed by atoms with van der Waals surface area (Å²) in [6.45, 7) is 0. The quantitative estimate of drug-likeness (QED) is 0.468. The summed E-state index contributed by atoms with van der Waals surface area (Å²) < 4.78 is 0. The summed E-state index contributed by atoms with van der Waals surface area (Å²) in [4.78, 5) is 5.59. The van der Waals surface area contributed by atoms with E-state index < -0.39 is 0 Å². The molecule has 46 valence electrons. The van der Waals surface area contributed by atoms with Crippen LogP contribution < -0.4 is 0 Å². The lowest BCUT2D eigenvalue weighted by Crippen LogP contribution is -2.11. The maximum Gasteiger partial charge on any atom is 0.195 e. The molecule has 0 saturated carbocycles. The van der Waals surface area contributed by atoms with Crippen LogP contribution in [0, 0.1) is 5.41 Å². The van der Waals surface area contributed by atoms with E-state index in [1.807, 2.05) is 13.2 Å². The van der Waals surface area contributed by atoms with E-state index in [2.05, 4.69) is 10.9 Å². The van der Waals surface area contributed by atoms with E-state index in [1.54, 1.807) is 17.2 Å². The minimum atomic E-state index is 0.539. The van der Waals surface area contributed by atoms with Crippen molar-refractivity contribution < 1.29 is 0 Å². The predicted octanol–water partition coefficient (Wildman–Crippen LogP) is 0.606. The molecule has 0 unspecified atom stereocenters. The molecule has 0 amide bonds. The van der Waals surface area contributed by atoms with Crippen molar-refractivity contribution in [2.75, 3.05) is 7.05 Å². The average molecular weight is 121 g/mol. The molecule has 3 nitrogen and oxygen atoms in total. The van der Waals surface area contributed by atoms with E-state index in [-0.39, 0.29) is 0 Å². The highest BCUT2D eigenvalue weighted by Crippen LogP contribution is 2.01. The third-order valence-electron chi connectivity index (χ3n) is 1.04. The Bertz CT molecular complexity index is 208. The highest BCUT2D eigenvalue weighted by molar-refractivity contribution is 5.75. The van der Waals surface area contributed by atoms with Gasteiger partial charge in [-0.25, -0.2) is 4.99 Å². The first kappa shape index (κ1) is 5.79. The van der Waals surface area contributed by atoms with Crippen molar-refractivity contribution in [2.45, 2.75) is 0 Å². The van der Waals surface area contributed by atoms with E-state index in [0.29, 0.717) is 5.82 Å². The Labute approximate surface area is 53.5 Å². The summed E-state index contributed by atoms with van der Waals surface area (Å²) in [6.07, 6.45) is 5.27. The van der Waals surface area contributed by atoms with Gasteiger partial charge in [0.05, 0.1) is 0 Å². The first-order valence-electron chi connectivity index (χ1n) is 2.58. The van der Waals surface area contributed by atoms with Gasteiger partial charge in [0.15, 0.2) is 5.82 Å². The van der Waals surface area contributed by atoms with Crippen LogP contribution in [0.15, 0.2) is 23.1 Å². The van der Waals surface area contributed by atoms with Gasteiger partial charge < -0.3 is 4.90 Å². The average Bonchev–Trinajstić information content (AvgIpc) is 1.89. The smallest absolute Gasteiger partial charge is 0.195 e. The second kappa shape index (κ2) is 2.29. The lowest BCUT2D eigenvalue weighted by Gasteiger charge is -2.12. The standard InChI is InChI=1S/C6H7N3/c1-9-4-2-3-8-6(9)5-7/h2-4,7H,1H3. The molecule has 0 atom stereocenters. The number of rotatable bonds is 0. The number of aliphatic imine (C=N–C) groups is 1. The number of allylic oxidation sites excluding steroid dienone is 1. The fourth-order valence-corrected chi connectivity index (χ4v) is 0.563. The molecule has 0 bridgehead atoms. The van der Waals surface area contributed by atoms with Crippen LogP contribution in [0.1, 0.15) is 0 Å². The molecular formula is C6H7N3. The molecule has 0 fully saturated rings.